The Labute approximate surface area is 80.0 Å². The molecule has 0 saturated heterocycles. The molecule has 2 fully saturated rings. The molecule has 0 aromatic rings. The third kappa shape index (κ3) is 1.46. The van der Waals surface area contributed by atoms with Crippen LogP contribution in [0.2, 0.25) is 4.05 Å². The summed E-state index contributed by atoms with van der Waals surface area (Å²) in [6.45, 7) is 0. The molecule has 0 aromatic carbocycles. The number of halogens is 1. The molecule has 2 saturated carbocycles. The summed E-state index contributed by atoms with van der Waals surface area (Å²) in [5.41, 5.74) is 0. The van der Waals surface area contributed by atoms with Gasteiger partial charge < -0.3 is 17.0 Å². The van der Waals surface area contributed by atoms with Crippen LogP contribution in [-0.2, 0) is 0 Å². The van der Waals surface area contributed by atoms with Crippen molar-refractivity contribution < 1.29 is 17.0 Å². The molecular weight excluding hydrogens is 188 g/mol. The molecule has 0 nitrogen and oxygen atoms in total. The SMILES string of the molecule is [Br-].[Mg+][CH]1C[C@@H]2CC[C@H]1C2. The van der Waals surface area contributed by atoms with Gasteiger partial charge in [-0.3, -0.25) is 0 Å². The van der Waals surface area contributed by atoms with Crippen LogP contribution in [0.25, 0.3) is 0 Å². The van der Waals surface area contributed by atoms with Gasteiger partial charge in [0.2, 0.25) is 0 Å². The second-order valence-electron chi connectivity index (χ2n) is 3.43. The van der Waals surface area contributed by atoms with Crippen LogP contribution in [0.4, 0.5) is 0 Å². The fraction of sp³-hybridized carbons (Fsp3) is 1.00. The van der Waals surface area contributed by atoms with Crippen molar-refractivity contribution in [2.45, 2.75) is 29.7 Å². The quantitative estimate of drug-likeness (QED) is 0.429. The number of hydrogen-bond acceptors (Lipinski definition) is 0. The Morgan fingerprint density at radius 1 is 1.11 bits per heavy atom. The van der Waals surface area contributed by atoms with E-state index in [0.717, 1.165) is 15.9 Å². The van der Waals surface area contributed by atoms with Crippen LogP contribution in [0.1, 0.15) is 25.7 Å². The Hall–Kier alpha value is 1.25. The van der Waals surface area contributed by atoms with Crippen LogP contribution in [0.15, 0.2) is 0 Å². The van der Waals surface area contributed by atoms with E-state index in [1.165, 1.54) is 0 Å². The first-order chi connectivity index (χ1) is 3.86. The first-order valence-electron chi connectivity index (χ1n) is 3.69. The molecule has 48 valence electrons. The van der Waals surface area contributed by atoms with Gasteiger partial charge in [0.05, 0.1) is 0 Å². The van der Waals surface area contributed by atoms with Gasteiger partial charge in [-0.05, 0) is 0 Å². The van der Waals surface area contributed by atoms with Crippen LogP contribution < -0.4 is 17.0 Å². The molecule has 0 aliphatic heterocycles. The van der Waals surface area contributed by atoms with E-state index < -0.39 is 0 Å². The summed E-state index contributed by atoms with van der Waals surface area (Å²) in [5, 5.41) is 0. The Balaban J connectivity index is 0.000000405. The molecule has 2 aliphatic rings. The minimum atomic E-state index is 0. The van der Waals surface area contributed by atoms with E-state index in [1.807, 2.05) is 0 Å². The molecule has 9 heavy (non-hydrogen) atoms. The number of hydrogen-bond donors (Lipinski definition) is 0. The van der Waals surface area contributed by atoms with E-state index in [4.69, 9.17) is 0 Å². The monoisotopic (exact) mass is 198 g/mol. The summed E-state index contributed by atoms with van der Waals surface area (Å²) in [5.74, 6) is 2.31. The van der Waals surface area contributed by atoms with Crippen molar-refractivity contribution in [3.05, 3.63) is 0 Å². The summed E-state index contributed by atoms with van der Waals surface area (Å²) in [6, 6.07) is 0. The van der Waals surface area contributed by atoms with Crippen LogP contribution >= 0.6 is 0 Å². The molecule has 3 atom stereocenters. The molecule has 0 N–H and O–H groups in total. The van der Waals surface area contributed by atoms with Crippen molar-refractivity contribution >= 4 is 21.7 Å². The Morgan fingerprint density at radius 3 is 2.11 bits per heavy atom. The van der Waals surface area contributed by atoms with E-state index in [1.54, 1.807) is 25.7 Å². The average molecular weight is 199 g/mol. The molecule has 2 heteroatoms. The van der Waals surface area contributed by atoms with Gasteiger partial charge in [0.15, 0.2) is 0 Å². The molecular formula is C7H11BrMg. The second kappa shape index (κ2) is 3.10. The first kappa shape index (κ1) is 8.34. The van der Waals surface area contributed by atoms with Gasteiger partial charge >= 0.3 is 63.3 Å². The fourth-order valence-electron chi connectivity index (χ4n) is 2.38. The van der Waals surface area contributed by atoms with Crippen molar-refractivity contribution in [1.29, 1.82) is 0 Å². The topological polar surface area (TPSA) is 0 Å². The van der Waals surface area contributed by atoms with Crippen molar-refractivity contribution in [3.8, 4) is 0 Å². The van der Waals surface area contributed by atoms with Gasteiger partial charge in [-0.25, -0.2) is 0 Å². The third-order valence-electron chi connectivity index (χ3n) is 2.88. The van der Waals surface area contributed by atoms with Gasteiger partial charge in [-0.2, -0.15) is 0 Å². The van der Waals surface area contributed by atoms with Gasteiger partial charge in [-0.15, -0.1) is 0 Å². The van der Waals surface area contributed by atoms with Crippen LogP contribution in [0.3, 0.4) is 0 Å². The molecule has 1 unspecified atom stereocenters. The predicted molar refractivity (Wildman–Crippen MR) is 35.0 cm³/mol. The third-order valence-corrected chi connectivity index (χ3v) is 3.88. The molecule has 0 amide bonds. The fourth-order valence-corrected chi connectivity index (χ4v) is 3.28. The molecule has 0 radical (unpaired) electrons. The van der Waals surface area contributed by atoms with Crippen LogP contribution in [0.5, 0.6) is 0 Å². The number of rotatable bonds is 0. The zero-order valence-corrected chi connectivity index (χ0v) is 8.65. The standard InChI is InChI=1S/C7H11.BrH.Mg/c1-2-7-4-3-6(1)5-7;;/h1,6-7H,2-5H2;1H;/q;;+1/p-1/t6-,7+;;/m0../s1. The summed E-state index contributed by atoms with van der Waals surface area (Å²) in [6.07, 6.45) is 6.25. The molecule has 2 aliphatic carbocycles. The Morgan fingerprint density at radius 2 is 1.89 bits per heavy atom. The number of fused-ring (bicyclic) bond motifs is 2. The van der Waals surface area contributed by atoms with Crippen molar-refractivity contribution in [2.75, 3.05) is 0 Å². The van der Waals surface area contributed by atoms with Gasteiger partial charge in [-0.1, -0.05) is 0 Å². The van der Waals surface area contributed by atoms with Gasteiger partial charge in [0, 0.05) is 0 Å². The zero-order chi connectivity index (χ0) is 5.56. The summed E-state index contributed by atoms with van der Waals surface area (Å²) < 4.78 is 1.11. The average Bonchev–Trinajstić information content (AvgIpc) is 2.23. The normalized spacial score (nSPS) is 47.1. The van der Waals surface area contributed by atoms with Gasteiger partial charge in [0.25, 0.3) is 0 Å². The van der Waals surface area contributed by atoms with E-state index in [0.29, 0.717) is 0 Å². The summed E-state index contributed by atoms with van der Waals surface area (Å²) in [7, 11) is 0. The van der Waals surface area contributed by atoms with Crippen LogP contribution in [0, 0.1) is 11.8 Å². The second-order valence-corrected chi connectivity index (χ2v) is 4.48. The van der Waals surface area contributed by atoms with E-state index >= 15 is 0 Å². The Bertz CT molecular complexity index is 103. The molecule has 0 spiro atoms. The van der Waals surface area contributed by atoms with E-state index in [2.05, 4.69) is 21.7 Å². The Kier molecular flexibility index (Phi) is 2.87. The maximum absolute atomic E-state index is 2.23. The maximum atomic E-state index is 2.23. The van der Waals surface area contributed by atoms with E-state index in [9.17, 15) is 0 Å². The van der Waals surface area contributed by atoms with E-state index in [-0.39, 0.29) is 17.0 Å². The van der Waals surface area contributed by atoms with Crippen molar-refractivity contribution in [3.63, 3.8) is 0 Å². The van der Waals surface area contributed by atoms with Crippen molar-refractivity contribution in [1.82, 2.24) is 0 Å². The van der Waals surface area contributed by atoms with Crippen LogP contribution in [-0.4, -0.2) is 21.7 Å². The zero-order valence-electron chi connectivity index (χ0n) is 5.65. The van der Waals surface area contributed by atoms with Gasteiger partial charge in [0.1, 0.15) is 0 Å². The molecule has 0 aromatic heterocycles. The van der Waals surface area contributed by atoms with Crippen molar-refractivity contribution in [2.24, 2.45) is 11.8 Å². The predicted octanol–water partition coefficient (Wildman–Crippen LogP) is -1.23. The molecule has 2 bridgehead atoms. The minimum absolute atomic E-state index is 0. The molecule has 0 heterocycles. The summed E-state index contributed by atoms with van der Waals surface area (Å²) >= 11 is 2.23. The first-order valence-corrected chi connectivity index (χ1v) is 4.51. The molecule has 2 rings (SSSR count). The summed E-state index contributed by atoms with van der Waals surface area (Å²) in [4.78, 5) is 0.